The van der Waals surface area contributed by atoms with Gasteiger partial charge in [-0.3, -0.25) is 9.36 Å². The Balaban J connectivity index is 1.81. The fraction of sp³-hybridized carbons (Fsp3) is 0.222. The Morgan fingerprint density at radius 3 is 2.72 bits per heavy atom. The number of rotatable bonds is 4. The van der Waals surface area contributed by atoms with Gasteiger partial charge in [-0.2, -0.15) is 0 Å². The second-order valence-corrected chi connectivity index (χ2v) is 5.81. The van der Waals surface area contributed by atoms with E-state index in [1.807, 2.05) is 0 Å². The third-order valence-electron chi connectivity index (χ3n) is 4.19. The van der Waals surface area contributed by atoms with Gasteiger partial charge in [-0.05, 0) is 42.8 Å². The van der Waals surface area contributed by atoms with Gasteiger partial charge >= 0.3 is 5.69 Å². The number of fused-ring (bicyclic) bond motifs is 1. The lowest BCUT2D eigenvalue weighted by Crippen LogP contribution is -2.26. The Bertz CT molecular complexity index is 1010. The minimum atomic E-state index is -0.482. The maximum absolute atomic E-state index is 13.8. The molecular formula is C18H18FN3O3. The second kappa shape index (κ2) is 6.43. The van der Waals surface area contributed by atoms with Crippen LogP contribution in [-0.2, 0) is 7.05 Å². The third-order valence-corrected chi connectivity index (χ3v) is 4.19. The molecule has 3 rings (SSSR count). The smallest absolute Gasteiger partial charge is 0.326 e. The number of nitrogens with zero attached hydrogens (tertiary/aromatic N) is 1. The van der Waals surface area contributed by atoms with Gasteiger partial charge in [-0.1, -0.05) is 6.07 Å². The molecule has 1 aromatic heterocycles. The van der Waals surface area contributed by atoms with Crippen LogP contribution in [0.1, 0.15) is 28.9 Å². The van der Waals surface area contributed by atoms with E-state index in [1.54, 1.807) is 38.2 Å². The highest BCUT2D eigenvalue weighted by Gasteiger charge is 2.15. The third kappa shape index (κ3) is 3.13. The number of nitrogens with one attached hydrogen (secondary N) is 2. The number of aryl methyl sites for hydroxylation is 1. The summed E-state index contributed by atoms with van der Waals surface area (Å²) in [6.45, 7) is 1.77. The average Bonchev–Trinajstić information content (AvgIpc) is 2.88. The quantitative estimate of drug-likeness (QED) is 0.764. The van der Waals surface area contributed by atoms with Gasteiger partial charge in [0.2, 0.25) is 0 Å². The van der Waals surface area contributed by atoms with Crippen molar-refractivity contribution in [3.05, 3.63) is 63.8 Å². The summed E-state index contributed by atoms with van der Waals surface area (Å²) in [4.78, 5) is 26.8. The molecule has 25 heavy (non-hydrogen) atoms. The maximum atomic E-state index is 13.8. The molecule has 0 aliphatic heterocycles. The van der Waals surface area contributed by atoms with Gasteiger partial charge in [-0.15, -0.1) is 0 Å². The standard InChI is InChI=1S/C18H18FN3O3/c1-10(11-5-7-16(25-3)13(19)8-11)20-17(23)12-4-6-15-14(9-12)21-18(24)22(15)2/h4-10H,1-3H3,(H,20,23)(H,21,24). The van der Waals surface area contributed by atoms with Gasteiger partial charge in [0.25, 0.3) is 5.91 Å². The van der Waals surface area contributed by atoms with E-state index in [-0.39, 0.29) is 17.3 Å². The molecule has 3 aromatic rings. The van der Waals surface area contributed by atoms with Gasteiger partial charge in [0, 0.05) is 12.6 Å². The first kappa shape index (κ1) is 16.8. The summed E-state index contributed by atoms with van der Waals surface area (Å²) in [5.41, 5.74) is 2.10. The number of ether oxygens (including phenoxy) is 1. The van der Waals surface area contributed by atoms with Crippen LogP contribution in [0.3, 0.4) is 0 Å². The summed E-state index contributed by atoms with van der Waals surface area (Å²) in [6.07, 6.45) is 0. The number of hydrogen-bond donors (Lipinski definition) is 2. The Labute approximate surface area is 143 Å². The largest absolute Gasteiger partial charge is 0.494 e. The normalized spacial score (nSPS) is 12.2. The Kier molecular flexibility index (Phi) is 4.31. The van der Waals surface area contributed by atoms with Crippen molar-refractivity contribution in [2.45, 2.75) is 13.0 Å². The van der Waals surface area contributed by atoms with E-state index in [9.17, 15) is 14.0 Å². The van der Waals surface area contributed by atoms with Gasteiger partial charge < -0.3 is 15.0 Å². The van der Waals surface area contributed by atoms with Crippen molar-refractivity contribution in [3.8, 4) is 5.75 Å². The zero-order valence-corrected chi connectivity index (χ0v) is 14.1. The summed E-state index contributed by atoms with van der Waals surface area (Å²) in [5, 5.41) is 2.82. The molecule has 0 aliphatic carbocycles. The van der Waals surface area contributed by atoms with Gasteiger partial charge in [-0.25, -0.2) is 9.18 Å². The first-order chi connectivity index (χ1) is 11.9. The number of aromatic amines is 1. The number of hydrogen-bond acceptors (Lipinski definition) is 3. The predicted molar refractivity (Wildman–Crippen MR) is 92.4 cm³/mol. The number of amides is 1. The molecule has 0 fully saturated rings. The van der Waals surface area contributed by atoms with E-state index in [0.29, 0.717) is 22.2 Å². The van der Waals surface area contributed by atoms with Crippen LogP contribution in [0.15, 0.2) is 41.2 Å². The zero-order valence-electron chi connectivity index (χ0n) is 14.1. The monoisotopic (exact) mass is 343 g/mol. The lowest BCUT2D eigenvalue weighted by atomic mass is 10.1. The van der Waals surface area contributed by atoms with Crippen molar-refractivity contribution >= 4 is 16.9 Å². The number of H-pyrrole nitrogens is 1. The number of methoxy groups -OCH3 is 1. The number of carbonyl (C=O) groups is 1. The summed E-state index contributed by atoms with van der Waals surface area (Å²) in [5.74, 6) is -0.638. The lowest BCUT2D eigenvalue weighted by molar-refractivity contribution is 0.0940. The molecule has 0 bridgehead atoms. The highest BCUT2D eigenvalue weighted by atomic mass is 19.1. The van der Waals surface area contributed by atoms with Crippen molar-refractivity contribution in [1.29, 1.82) is 0 Å². The van der Waals surface area contributed by atoms with E-state index >= 15 is 0 Å². The molecule has 2 N–H and O–H groups in total. The van der Waals surface area contributed by atoms with Gasteiger partial charge in [0.05, 0.1) is 24.2 Å². The molecule has 2 aromatic carbocycles. The number of halogens is 1. The summed E-state index contributed by atoms with van der Waals surface area (Å²) >= 11 is 0. The van der Waals surface area contributed by atoms with Crippen molar-refractivity contribution < 1.29 is 13.9 Å². The van der Waals surface area contributed by atoms with Crippen LogP contribution in [0.2, 0.25) is 0 Å². The summed E-state index contributed by atoms with van der Waals surface area (Å²) in [6, 6.07) is 9.14. The van der Waals surface area contributed by atoms with Crippen molar-refractivity contribution in [2.75, 3.05) is 7.11 Å². The van der Waals surface area contributed by atoms with Crippen LogP contribution in [-0.4, -0.2) is 22.6 Å². The molecule has 0 aliphatic rings. The Morgan fingerprint density at radius 1 is 1.28 bits per heavy atom. The zero-order chi connectivity index (χ0) is 18.1. The fourth-order valence-corrected chi connectivity index (χ4v) is 2.69. The van der Waals surface area contributed by atoms with Crippen LogP contribution < -0.4 is 15.7 Å². The molecule has 1 atom stereocenters. The summed E-state index contributed by atoms with van der Waals surface area (Å²) in [7, 11) is 3.05. The van der Waals surface area contributed by atoms with Crippen LogP contribution in [0.4, 0.5) is 4.39 Å². The Morgan fingerprint density at radius 2 is 2.04 bits per heavy atom. The Hall–Kier alpha value is -3.09. The van der Waals surface area contributed by atoms with Gasteiger partial charge in [0.1, 0.15) is 0 Å². The van der Waals surface area contributed by atoms with Gasteiger partial charge in [0.15, 0.2) is 11.6 Å². The minimum Gasteiger partial charge on any atom is -0.494 e. The van der Waals surface area contributed by atoms with Crippen LogP contribution in [0, 0.1) is 5.82 Å². The number of carbonyl (C=O) groups excluding carboxylic acids is 1. The number of imidazole rings is 1. The highest BCUT2D eigenvalue weighted by molar-refractivity contribution is 5.97. The van der Waals surface area contributed by atoms with E-state index in [2.05, 4.69) is 10.3 Å². The van der Waals surface area contributed by atoms with E-state index < -0.39 is 11.9 Å². The average molecular weight is 343 g/mol. The first-order valence-electron chi connectivity index (χ1n) is 7.73. The topological polar surface area (TPSA) is 76.1 Å². The minimum absolute atomic E-state index is 0.153. The molecule has 0 saturated heterocycles. The first-order valence-corrected chi connectivity index (χ1v) is 7.73. The lowest BCUT2D eigenvalue weighted by Gasteiger charge is -2.15. The molecule has 0 radical (unpaired) electrons. The van der Waals surface area contributed by atoms with E-state index in [1.165, 1.54) is 23.8 Å². The van der Waals surface area contributed by atoms with Crippen LogP contribution in [0.5, 0.6) is 5.75 Å². The van der Waals surface area contributed by atoms with E-state index in [4.69, 9.17) is 4.74 Å². The molecule has 0 saturated carbocycles. The number of benzene rings is 2. The molecule has 6 nitrogen and oxygen atoms in total. The molecule has 1 heterocycles. The van der Waals surface area contributed by atoms with Crippen molar-refractivity contribution in [2.24, 2.45) is 7.05 Å². The fourth-order valence-electron chi connectivity index (χ4n) is 2.69. The molecule has 7 heteroatoms. The molecule has 1 amide bonds. The highest BCUT2D eigenvalue weighted by Crippen LogP contribution is 2.22. The predicted octanol–water partition coefficient (Wildman–Crippen LogP) is 2.51. The van der Waals surface area contributed by atoms with Crippen molar-refractivity contribution in [1.82, 2.24) is 14.9 Å². The second-order valence-electron chi connectivity index (χ2n) is 5.81. The number of aromatic nitrogens is 2. The van der Waals surface area contributed by atoms with E-state index in [0.717, 1.165) is 0 Å². The van der Waals surface area contributed by atoms with Crippen molar-refractivity contribution in [3.63, 3.8) is 0 Å². The molecular weight excluding hydrogens is 325 g/mol. The maximum Gasteiger partial charge on any atom is 0.326 e. The SMILES string of the molecule is COc1ccc(C(C)NC(=O)c2ccc3c(c2)[nH]c(=O)n3C)cc1F. The van der Waals surface area contributed by atoms with Crippen LogP contribution >= 0.6 is 0 Å². The molecule has 0 spiro atoms. The molecule has 130 valence electrons. The van der Waals surface area contributed by atoms with Crippen LogP contribution in [0.25, 0.3) is 11.0 Å². The summed E-state index contributed by atoms with van der Waals surface area (Å²) < 4.78 is 20.2. The molecule has 1 unspecified atom stereocenters.